The summed E-state index contributed by atoms with van der Waals surface area (Å²) in [7, 11) is 0. The predicted molar refractivity (Wildman–Crippen MR) is 96.5 cm³/mol. The molecule has 23 heavy (non-hydrogen) atoms. The van der Waals surface area contributed by atoms with Crippen LogP contribution in [0.25, 0.3) is 6.08 Å². The van der Waals surface area contributed by atoms with E-state index in [1.165, 1.54) is 11.1 Å². The Kier molecular flexibility index (Phi) is 7.04. The molecule has 0 aliphatic heterocycles. The zero-order valence-electron chi connectivity index (χ0n) is 13.6. The van der Waals surface area contributed by atoms with Crippen molar-refractivity contribution in [2.75, 3.05) is 13.2 Å². The molecule has 0 saturated carbocycles. The van der Waals surface area contributed by atoms with E-state index in [1.807, 2.05) is 49.6 Å². The molecule has 1 unspecified atom stereocenters. The summed E-state index contributed by atoms with van der Waals surface area (Å²) in [5, 5.41) is 4.90. The monoisotopic (exact) mass is 329 g/mol. The first-order valence-electron chi connectivity index (χ1n) is 7.83. The van der Waals surface area contributed by atoms with Gasteiger partial charge in [-0.1, -0.05) is 30.3 Å². The Morgan fingerprint density at radius 1 is 1.30 bits per heavy atom. The van der Waals surface area contributed by atoms with Crippen LogP contribution < -0.4 is 5.32 Å². The SMILES string of the molecule is Cc1ccsc1/C=C/C(=O)NCCCOC(C)c1ccccc1. The van der Waals surface area contributed by atoms with Crippen LogP contribution in [0.5, 0.6) is 0 Å². The van der Waals surface area contributed by atoms with E-state index in [0.29, 0.717) is 13.2 Å². The average molecular weight is 329 g/mol. The van der Waals surface area contributed by atoms with Crippen molar-refractivity contribution in [2.24, 2.45) is 0 Å². The fourth-order valence-electron chi connectivity index (χ4n) is 2.13. The third-order valence-corrected chi connectivity index (χ3v) is 4.53. The molecule has 122 valence electrons. The lowest BCUT2D eigenvalue weighted by Crippen LogP contribution is -2.23. The van der Waals surface area contributed by atoms with Gasteiger partial charge in [0.15, 0.2) is 0 Å². The zero-order valence-corrected chi connectivity index (χ0v) is 14.4. The summed E-state index contributed by atoms with van der Waals surface area (Å²) in [6.07, 6.45) is 4.33. The molecular formula is C19H23NO2S. The molecule has 0 radical (unpaired) electrons. The first-order valence-corrected chi connectivity index (χ1v) is 8.71. The van der Waals surface area contributed by atoms with Gasteiger partial charge in [0.05, 0.1) is 6.10 Å². The molecule has 0 aliphatic rings. The van der Waals surface area contributed by atoms with Crippen LogP contribution in [0, 0.1) is 6.92 Å². The molecule has 0 bridgehead atoms. The highest BCUT2D eigenvalue weighted by atomic mass is 32.1. The van der Waals surface area contributed by atoms with Crippen LogP contribution in [0.2, 0.25) is 0 Å². The molecule has 0 spiro atoms. The maximum Gasteiger partial charge on any atom is 0.244 e. The number of carbonyl (C=O) groups excluding carboxylic acids is 1. The molecule has 1 atom stereocenters. The highest BCUT2D eigenvalue weighted by Crippen LogP contribution is 2.17. The largest absolute Gasteiger partial charge is 0.374 e. The summed E-state index contributed by atoms with van der Waals surface area (Å²) in [6.45, 7) is 5.33. The third-order valence-electron chi connectivity index (χ3n) is 3.54. The molecule has 1 heterocycles. The normalized spacial score (nSPS) is 12.4. The minimum atomic E-state index is -0.0612. The minimum absolute atomic E-state index is 0.0612. The van der Waals surface area contributed by atoms with E-state index in [0.717, 1.165) is 11.3 Å². The highest BCUT2D eigenvalue weighted by molar-refractivity contribution is 7.11. The van der Waals surface area contributed by atoms with Crippen LogP contribution in [0.15, 0.2) is 47.9 Å². The number of aryl methyl sites for hydroxylation is 1. The fraction of sp³-hybridized carbons (Fsp3) is 0.316. The van der Waals surface area contributed by atoms with Crippen LogP contribution in [-0.4, -0.2) is 19.1 Å². The molecule has 2 rings (SSSR count). The van der Waals surface area contributed by atoms with Gasteiger partial charge in [0.25, 0.3) is 0 Å². The first-order chi connectivity index (χ1) is 11.2. The van der Waals surface area contributed by atoms with Gasteiger partial charge in [0.1, 0.15) is 0 Å². The molecule has 1 aromatic heterocycles. The zero-order chi connectivity index (χ0) is 16.5. The van der Waals surface area contributed by atoms with Crippen molar-refractivity contribution in [1.29, 1.82) is 0 Å². The van der Waals surface area contributed by atoms with Gasteiger partial charge >= 0.3 is 0 Å². The van der Waals surface area contributed by atoms with Gasteiger partial charge < -0.3 is 10.1 Å². The fourth-order valence-corrected chi connectivity index (χ4v) is 2.95. The second-order valence-corrected chi connectivity index (χ2v) is 6.32. The Hall–Kier alpha value is -1.91. The first kappa shape index (κ1) is 17.4. The number of thiophene rings is 1. The van der Waals surface area contributed by atoms with Crippen LogP contribution in [0.1, 0.15) is 35.5 Å². The Morgan fingerprint density at radius 3 is 2.78 bits per heavy atom. The number of benzene rings is 1. The standard InChI is InChI=1S/C19H23NO2S/c1-15-11-14-23-18(15)9-10-19(21)20-12-6-13-22-16(2)17-7-4-3-5-8-17/h3-5,7-11,14,16H,6,12-13H2,1-2H3,(H,20,21)/b10-9+. The number of hydrogen-bond acceptors (Lipinski definition) is 3. The molecule has 0 fully saturated rings. The third kappa shape index (κ3) is 6.00. The summed E-state index contributed by atoms with van der Waals surface area (Å²) in [5.41, 5.74) is 2.37. The van der Waals surface area contributed by atoms with Crippen molar-refractivity contribution in [3.05, 3.63) is 63.9 Å². The Bertz CT molecular complexity index is 634. The van der Waals surface area contributed by atoms with Crippen molar-refractivity contribution >= 4 is 23.3 Å². The Labute approximate surface area is 142 Å². The van der Waals surface area contributed by atoms with E-state index in [9.17, 15) is 4.79 Å². The summed E-state index contributed by atoms with van der Waals surface area (Å²) in [5.74, 6) is -0.0612. The van der Waals surface area contributed by atoms with Crippen molar-refractivity contribution in [3.8, 4) is 0 Å². The maximum absolute atomic E-state index is 11.7. The molecule has 4 heteroatoms. The number of hydrogen-bond donors (Lipinski definition) is 1. The van der Waals surface area contributed by atoms with Crippen LogP contribution >= 0.6 is 11.3 Å². The molecule has 0 saturated heterocycles. The minimum Gasteiger partial charge on any atom is -0.374 e. The van der Waals surface area contributed by atoms with E-state index in [1.54, 1.807) is 17.4 Å². The molecular weight excluding hydrogens is 306 g/mol. The van der Waals surface area contributed by atoms with Crippen LogP contribution in [0.3, 0.4) is 0 Å². The van der Waals surface area contributed by atoms with Crippen molar-refractivity contribution in [3.63, 3.8) is 0 Å². The van der Waals surface area contributed by atoms with E-state index < -0.39 is 0 Å². The van der Waals surface area contributed by atoms with E-state index in [-0.39, 0.29) is 12.0 Å². The summed E-state index contributed by atoms with van der Waals surface area (Å²) < 4.78 is 5.78. The van der Waals surface area contributed by atoms with Gasteiger partial charge in [0.2, 0.25) is 5.91 Å². The van der Waals surface area contributed by atoms with Crippen molar-refractivity contribution < 1.29 is 9.53 Å². The highest BCUT2D eigenvalue weighted by Gasteiger charge is 2.04. The predicted octanol–water partition coefficient (Wildman–Crippen LogP) is 4.35. The van der Waals surface area contributed by atoms with Crippen LogP contribution in [-0.2, 0) is 9.53 Å². The van der Waals surface area contributed by atoms with Crippen LogP contribution in [0.4, 0.5) is 0 Å². The van der Waals surface area contributed by atoms with E-state index in [2.05, 4.69) is 17.4 Å². The average Bonchev–Trinajstić information content (AvgIpc) is 2.98. The number of amides is 1. The lowest BCUT2D eigenvalue weighted by Gasteiger charge is -2.13. The van der Waals surface area contributed by atoms with Crippen molar-refractivity contribution in [1.82, 2.24) is 5.32 Å². The van der Waals surface area contributed by atoms with Gasteiger partial charge in [-0.25, -0.2) is 0 Å². The van der Waals surface area contributed by atoms with E-state index in [4.69, 9.17) is 4.74 Å². The van der Waals surface area contributed by atoms with Gasteiger partial charge in [-0.15, -0.1) is 11.3 Å². The number of carbonyl (C=O) groups is 1. The summed E-state index contributed by atoms with van der Waals surface area (Å²) >= 11 is 1.64. The van der Waals surface area contributed by atoms with E-state index >= 15 is 0 Å². The molecule has 1 amide bonds. The Balaban J connectivity index is 1.61. The molecule has 1 aromatic carbocycles. The maximum atomic E-state index is 11.7. The second-order valence-electron chi connectivity index (χ2n) is 5.37. The second kappa shape index (κ2) is 9.28. The van der Waals surface area contributed by atoms with Gasteiger partial charge in [0, 0.05) is 24.1 Å². The smallest absolute Gasteiger partial charge is 0.244 e. The quantitative estimate of drug-likeness (QED) is 0.577. The number of rotatable bonds is 8. The number of ether oxygens (including phenoxy) is 1. The molecule has 1 N–H and O–H groups in total. The van der Waals surface area contributed by atoms with Crippen molar-refractivity contribution in [2.45, 2.75) is 26.4 Å². The lowest BCUT2D eigenvalue weighted by atomic mass is 10.1. The summed E-state index contributed by atoms with van der Waals surface area (Å²) in [4.78, 5) is 12.9. The molecule has 3 nitrogen and oxygen atoms in total. The number of nitrogens with one attached hydrogen (secondary N) is 1. The molecule has 0 aliphatic carbocycles. The van der Waals surface area contributed by atoms with Gasteiger partial charge in [-0.05, 0) is 48.9 Å². The summed E-state index contributed by atoms with van der Waals surface area (Å²) in [6, 6.07) is 12.2. The molecule has 2 aromatic rings. The lowest BCUT2D eigenvalue weighted by molar-refractivity contribution is -0.116. The topological polar surface area (TPSA) is 38.3 Å². The Morgan fingerprint density at radius 2 is 2.09 bits per heavy atom. The van der Waals surface area contributed by atoms with Gasteiger partial charge in [-0.2, -0.15) is 0 Å². The van der Waals surface area contributed by atoms with Gasteiger partial charge in [-0.3, -0.25) is 4.79 Å².